The van der Waals surface area contributed by atoms with E-state index in [0.29, 0.717) is 16.9 Å². The molecule has 0 unspecified atom stereocenters. The van der Waals surface area contributed by atoms with Gasteiger partial charge in [0, 0.05) is 18.9 Å². The van der Waals surface area contributed by atoms with Crippen LogP contribution in [-0.2, 0) is 7.05 Å². The fourth-order valence-electron chi connectivity index (χ4n) is 1.56. The molecule has 0 aliphatic rings. The van der Waals surface area contributed by atoms with Gasteiger partial charge in [-0.15, -0.1) is 0 Å². The summed E-state index contributed by atoms with van der Waals surface area (Å²) in [4.78, 5) is 11.9. The SMILES string of the molecule is Cc1n[nH]c(C)c1C(=O)Nc1cnn(C)c1. The van der Waals surface area contributed by atoms with Crippen LogP contribution in [0, 0.1) is 13.8 Å². The first-order chi connectivity index (χ1) is 7.58. The minimum absolute atomic E-state index is 0.170. The first-order valence-corrected chi connectivity index (χ1v) is 4.89. The third-order valence-corrected chi connectivity index (χ3v) is 2.32. The van der Waals surface area contributed by atoms with Crippen LogP contribution in [0.1, 0.15) is 21.7 Å². The summed E-state index contributed by atoms with van der Waals surface area (Å²) in [6, 6.07) is 0. The van der Waals surface area contributed by atoms with Crippen molar-refractivity contribution in [2.45, 2.75) is 13.8 Å². The quantitative estimate of drug-likeness (QED) is 0.791. The highest BCUT2D eigenvalue weighted by molar-refractivity contribution is 6.05. The van der Waals surface area contributed by atoms with E-state index in [2.05, 4.69) is 20.6 Å². The molecule has 0 fully saturated rings. The lowest BCUT2D eigenvalue weighted by Gasteiger charge is -2.01. The minimum atomic E-state index is -0.170. The van der Waals surface area contributed by atoms with Crippen LogP contribution >= 0.6 is 0 Å². The first kappa shape index (κ1) is 10.4. The Morgan fingerprint density at radius 1 is 1.50 bits per heavy atom. The molecule has 0 aliphatic carbocycles. The standard InChI is InChI=1S/C10H13N5O/c1-6-9(7(2)14-13-6)10(16)12-8-4-11-15(3)5-8/h4-5H,1-3H3,(H,12,16)(H,13,14). The van der Waals surface area contributed by atoms with E-state index in [1.807, 2.05) is 6.92 Å². The molecule has 84 valence electrons. The van der Waals surface area contributed by atoms with Crippen molar-refractivity contribution in [3.8, 4) is 0 Å². The Morgan fingerprint density at radius 2 is 2.25 bits per heavy atom. The molecule has 2 heterocycles. The molecule has 0 aromatic carbocycles. The maximum atomic E-state index is 11.9. The van der Waals surface area contributed by atoms with Gasteiger partial charge in [-0.2, -0.15) is 10.2 Å². The average molecular weight is 219 g/mol. The van der Waals surface area contributed by atoms with Gasteiger partial charge in [-0.25, -0.2) is 0 Å². The number of amides is 1. The van der Waals surface area contributed by atoms with Gasteiger partial charge in [0.2, 0.25) is 0 Å². The lowest BCUT2D eigenvalue weighted by atomic mass is 10.2. The summed E-state index contributed by atoms with van der Waals surface area (Å²) < 4.78 is 1.63. The molecule has 0 spiro atoms. The average Bonchev–Trinajstić information content (AvgIpc) is 2.74. The summed E-state index contributed by atoms with van der Waals surface area (Å²) in [6.45, 7) is 3.61. The summed E-state index contributed by atoms with van der Waals surface area (Å²) in [7, 11) is 1.80. The van der Waals surface area contributed by atoms with Gasteiger partial charge in [0.1, 0.15) is 0 Å². The van der Waals surface area contributed by atoms with Crippen LogP contribution < -0.4 is 5.32 Å². The van der Waals surface area contributed by atoms with Crippen molar-refractivity contribution in [3.05, 3.63) is 29.3 Å². The lowest BCUT2D eigenvalue weighted by Crippen LogP contribution is -2.13. The van der Waals surface area contributed by atoms with E-state index in [4.69, 9.17) is 0 Å². The highest BCUT2D eigenvalue weighted by Crippen LogP contribution is 2.12. The summed E-state index contributed by atoms with van der Waals surface area (Å²) in [6.07, 6.45) is 3.34. The van der Waals surface area contributed by atoms with E-state index < -0.39 is 0 Å². The third-order valence-electron chi connectivity index (χ3n) is 2.32. The number of hydrogen-bond donors (Lipinski definition) is 2. The molecule has 2 aromatic rings. The summed E-state index contributed by atoms with van der Waals surface area (Å²) in [5, 5.41) is 13.5. The molecular weight excluding hydrogens is 206 g/mol. The zero-order valence-corrected chi connectivity index (χ0v) is 9.40. The number of rotatable bonds is 2. The molecule has 2 aromatic heterocycles. The molecule has 0 aliphatic heterocycles. The van der Waals surface area contributed by atoms with Gasteiger partial charge in [-0.1, -0.05) is 0 Å². The van der Waals surface area contributed by atoms with Gasteiger partial charge in [0.15, 0.2) is 0 Å². The molecular formula is C10H13N5O. The third kappa shape index (κ3) is 1.81. The number of hydrogen-bond acceptors (Lipinski definition) is 3. The lowest BCUT2D eigenvalue weighted by molar-refractivity contribution is 0.102. The second-order valence-electron chi connectivity index (χ2n) is 3.67. The van der Waals surface area contributed by atoms with Crippen molar-refractivity contribution < 1.29 is 4.79 Å². The molecule has 2 N–H and O–H groups in total. The number of aryl methyl sites for hydroxylation is 3. The number of nitrogens with zero attached hydrogens (tertiary/aromatic N) is 3. The van der Waals surface area contributed by atoms with Crippen LogP contribution in [0.25, 0.3) is 0 Å². The zero-order chi connectivity index (χ0) is 11.7. The summed E-state index contributed by atoms with van der Waals surface area (Å²) in [5.41, 5.74) is 2.72. The van der Waals surface area contributed by atoms with Crippen molar-refractivity contribution in [1.29, 1.82) is 0 Å². The highest BCUT2D eigenvalue weighted by Gasteiger charge is 2.15. The minimum Gasteiger partial charge on any atom is -0.319 e. The van der Waals surface area contributed by atoms with E-state index in [9.17, 15) is 4.79 Å². The van der Waals surface area contributed by atoms with E-state index >= 15 is 0 Å². The van der Waals surface area contributed by atoms with E-state index in [-0.39, 0.29) is 5.91 Å². The smallest absolute Gasteiger partial charge is 0.259 e. The number of carbonyl (C=O) groups excluding carboxylic acids is 1. The van der Waals surface area contributed by atoms with Crippen molar-refractivity contribution >= 4 is 11.6 Å². The highest BCUT2D eigenvalue weighted by atomic mass is 16.1. The first-order valence-electron chi connectivity index (χ1n) is 4.89. The van der Waals surface area contributed by atoms with Gasteiger partial charge in [0.25, 0.3) is 5.91 Å². The van der Waals surface area contributed by atoms with Gasteiger partial charge in [-0.3, -0.25) is 14.6 Å². The second kappa shape index (κ2) is 3.80. The number of H-pyrrole nitrogens is 1. The number of aromatic nitrogens is 4. The molecule has 0 bridgehead atoms. The Labute approximate surface area is 92.7 Å². The molecule has 0 saturated carbocycles. The second-order valence-corrected chi connectivity index (χ2v) is 3.67. The van der Waals surface area contributed by atoms with Crippen LogP contribution in [0.2, 0.25) is 0 Å². The Kier molecular flexibility index (Phi) is 2.47. The van der Waals surface area contributed by atoms with Gasteiger partial charge in [0.05, 0.1) is 23.1 Å². The fourth-order valence-corrected chi connectivity index (χ4v) is 1.56. The predicted octanol–water partition coefficient (Wildman–Crippen LogP) is 1.01. The Hall–Kier alpha value is -2.11. The molecule has 0 radical (unpaired) electrons. The van der Waals surface area contributed by atoms with Crippen molar-refractivity contribution in [1.82, 2.24) is 20.0 Å². The number of nitrogens with one attached hydrogen (secondary N) is 2. The maximum Gasteiger partial charge on any atom is 0.259 e. The van der Waals surface area contributed by atoms with Gasteiger partial charge < -0.3 is 5.32 Å². The Morgan fingerprint density at radius 3 is 2.75 bits per heavy atom. The number of carbonyl (C=O) groups is 1. The monoisotopic (exact) mass is 219 g/mol. The van der Waals surface area contributed by atoms with Crippen LogP contribution in [0.5, 0.6) is 0 Å². The molecule has 1 amide bonds. The molecule has 2 rings (SSSR count). The van der Waals surface area contributed by atoms with E-state index in [1.54, 1.807) is 31.0 Å². The summed E-state index contributed by atoms with van der Waals surface area (Å²) >= 11 is 0. The van der Waals surface area contributed by atoms with Crippen LogP contribution in [0.15, 0.2) is 12.4 Å². The van der Waals surface area contributed by atoms with Gasteiger partial charge in [-0.05, 0) is 13.8 Å². The topological polar surface area (TPSA) is 75.6 Å². The largest absolute Gasteiger partial charge is 0.319 e. The predicted molar refractivity (Wildman–Crippen MR) is 59.2 cm³/mol. The molecule has 0 atom stereocenters. The Balaban J connectivity index is 2.21. The Bertz CT molecular complexity index is 506. The molecule has 6 heteroatoms. The molecule has 16 heavy (non-hydrogen) atoms. The van der Waals surface area contributed by atoms with E-state index in [1.165, 1.54) is 0 Å². The normalized spacial score (nSPS) is 10.4. The number of anilines is 1. The maximum absolute atomic E-state index is 11.9. The van der Waals surface area contributed by atoms with Gasteiger partial charge >= 0.3 is 0 Å². The fraction of sp³-hybridized carbons (Fsp3) is 0.300. The summed E-state index contributed by atoms with van der Waals surface area (Å²) in [5.74, 6) is -0.170. The number of aromatic amines is 1. The van der Waals surface area contributed by atoms with Crippen LogP contribution in [-0.4, -0.2) is 25.9 Å². The van der Waals surface area contributed by atoms with Crippen molar-refractivity contribution in [3.63, 3.8) is 0 Å². The van der Waals surface area contributed by atoms with Crippen molar-refractivity contribution in [2.24, 2.45) is 7.05 Å². The molecule has 6 nitrogen and oxygen atoms in total. The van der Waals surface area contributed by atoms with E-state index in [0.717, 1.165) is 5.69 Å². The van der Waals surface area contributed by atoms with Crippen LogP contribution in [0.4, 0.5) is 5.69 Å². The van der Waals surface area contributed by atoms with Crippen molar-refractivity contribution in [2.75, 3.05) is 5.32 Å². The zero-order valence-electron chi connectivity index (χ0n) is 9.40. The molecule has 0 saturated heterocycles. The van der Waals surface area contributed by atoms with Crippen LogP contribution in [0.3, 0.4) is 0 Å².